The first kappa shape index (κ1) is 14.5. The van der Waals surface area contributed by atoms with Crippen LogP contribution in [-0.4, -0.2) is 18.1 Å². The van der Waals surface area contributed by atoms with Gasteiger partial charge in [-0.2, -0.15) is 0 Å². The molecule has 0 aliphatic heterocycles. The fourth-order valence-electron chi connectivity index (χ4n) is 2.26. The Bertz CT molecular complexity index is 537. The van der Waals surface area contributed by atoms with Crippen LogP contribution in [0.1, 0.15) is 25.1 Å². The molecule has 0 aliphatic carbocycles. The van der Waals surface area contributed by atoms with Crippen molar-refractivity contribution < 1.29 is 0 Å². The van der Waals surface area contributed by atoms with E-state index in [-0.39, 0.29) is 0 Å². The summed E-state index contributed by atoms with van der Waals surface area (Å²) in [6.45, 7) is 9.11. The molecule has 20 heavy (non-hydrogen) atoms. The van der Waals surface area contributed by atoms with Gasteiger partial charge in [-0.1, -0.05) is 31.2 Å². The number of nitrogens with one attached hydrogen (secondary N) is 1. The number of hydrogen-bond acceptors (Lipinski definition) is 3. The summed E-state index contributed by atoms with van der Waals surface area (Å²) in [5.41, 5.74) is 3.54. The topological polar surface area (TPSA) is 28.2 Å². The molecule has 3 heteroatoms. The number of nitrogens with zero attached hydrogens (tertiary/aromatic N) is 2. The first-order valence-corrected chi connectivity index (χ1v) is 7.26. The van der Waals surface area contributed by atoms with Crippen molar-refractivity contribution in [2.24, 2.45) is 0 Å². The average Bonchev–Trinajstić information content (AvgIpc) is 2.48. The number of hydrogen-bond donors (Lipinski definition) is 1. The van der Waals surface area contributed by atoms with Crippen LogP contribution in [0.15, 0.2) is 42.5 Å². The van der Waals surface area contributed by atoms with E-state index in [4.69, 9.17) is 4.98 Å². The predicted molar refractivity (Wildman–Crippen MR) is 85.5 cm³/mol. The minimum Gasteiger partial charge on any atom is -0.327 e. The summed E-state index contributed by atoms with van der Waals surface area (Å²) < 4.78 is 0. The average molecular weight is 269 g/mol. The largest absolute Gasteiger partial charge is 0.327 e. The molecule has 106 valence electrons. The van der Waals surface area contributed by atoms with Gasteiger partial charge in [0.2, 0.25) is 0 Å². The molecular formula is C17H23N3. The highest BCUT2D eigenvalue weighted by Gasteiger charge is 2.09. The van der Waals surface area contributed by atoms with Crippen molar-refractivity contribution in [2.75, 3.05) is 18.0 Å². The molecule has 1 N–H and O–H groups in total. The zero-order valence-electron chi connectivity index (χ0n) is 12.6. The number of para-hydroxylation sites is 1. The van der Waals surface area contributed by atoms with Crippen molar-refractivity contribution in [2.45, 2.75) is 27.3 Å². The summed E-state index contributed by atoms with van der Waals surface area (Å²) in [7, 11) is 0. The van der Waals surface area contributed by atoms with Crippen molar-refractivity contribution in [3.8, 4) is 0 Å². The molecule has 1 heterocycles. The normalized spacial score (nSPS) is 10.6. The number of benzene rings is 1. The van der Waals surface area contributed by atoms with Gasteiger partial charge in [0.15, 0.2) is 0 Å². The Kier molecular flexibility index (Phi) is 5.13. The Balaban J connectivity index is 2.25. The van der Waals surface area contributed by atoms with Gasteiger partial charge in [0, 0.05) is 24.5 Å². The Morgan fingerprint density at radius 1 is 1.05 bits per heavy atom. The third kappa shape index (κ3) is 3.36. The van der Waals surface area contributed by atoms with E-state index in [0.29, 0.717) is 0 Å². The van der Waals surface area contributed by atoms with Gasteiger partial charge in [0.05, 0.1) is 0 Å². The van der Waals surface area contributed by atoms with Crippen LogP contribution in [-0.2, 0) is 6.54 Å². The van der Waals surface area contributed by atoms with Crippen LogP contribution < -0.4 is 10.2 Å². The maximum atomic E-state index is 4.76. The molecule has 1 aromatic heterocycles. The third-order valence-electron chi connectivity index (χ3n) is 3.41. The standard InChI is InChI=1S/C17H23N3/c1-4-18-13-15-11-12-17(19-14(15)3)20(5-2)16-9-7-6-8-10-16/h6-12,18H,4-5,13H2,1-3H3. The van der Waals surface area contributed by atoms with Crippen LogP contribution in [0.5, 0.6) is 0 Å². The Labute approximate surface area is 121 Å². The molecule has 3 nitrogen and oxygen atoms in total. The zero-order valence-corrected chi connectivity index (χ0v) is 12.6. The zero-order chi connectivity index (χ0) is 14.4. The lowest BCUT2D eigenvalue weighted by molar-refractivity contribution is 0.719. The van der Waals surface area contributed by atoms with Crippen LogP contribution in [0.25, 0.3) is 0 Å². The van der Waals surface area contributed by atoms with Gasteiger partial charge >= 0.3 is 0 Å². The highest BCUT2D eigenvalue weighted by Crippen LogP contribution is 2.23. The van der Waals surface area contributed by atoms with E-state index >= 15 is 0 Å². The fraction of sp³-hybridized carbons (Fsp3) is 0.353. The van der Waals surface area contributed by atoms with Crippen LogP contribution in [0.2, 0.25) is 0 Å². The van der Waals surface area contributed by atoms with Gasteiger partial charge in [0.1, 0.15) is 5.82 Å². The first-order valence-electron chi connectivity index (χ1n) is 7.26. The maximum absolute atomic E-state index is 4.76. The first-order chi connectivity index (χ1) is 9.76. The van der Waals surface area contributed by atoms with Gasteiger partial charge in [-0.25, -0.2) is 4.98 Å². The Morgan fingerprint density at radius 2 is 1.80 bits per heavy atom. The summed E-state index contributed by atoms with van der Waals surface area (Å²) in [6.07, 6.45) is 0. The molecule has 0 saturated carbocycles. The van der Waals surface area contributed by atoms with Gasteiger partial charge in [-0.3, -0.25) is 0 Å². The second-order valence-electron chi connectivity index (χ2n) is 4.77. The van der Waals surface area contributed by atoms with E-state index < -0.39 is 0 Å². The molecule has 0 radical (unpaired) electrons. The third-order valence-corrected chi connectivity index (χ3v) is 3.41. The van der Waals surface area contributed by atoms with E-state index in [1.54, 1.807) is 0 Å². The van der Waals surface area contributed by atoms with E-state index in [0.717, 1.165) is 31.1 Å². The molecule has 0 unspecified atom stereocenters. The van der Waals surface area contributed by atoms with E-state index in [1.807, 2.05) is 6.07 Å². The molecule has 0 spiro atoms. The highest BCUT2D eigenvalue weighted by molar-refractivity contribution is 5.60. The number of rotatable bonds is 6. The van der Waals surface area contributed by atoms with E-state index in [9.17, 15) is 0 Å². The summed E-state index contributed by atoms with van der Waals surface area (Å²) in [4.78, 5) is 6.99. The van der Waals surface area contributed by atoms with Crippen molar-refractivity contribution >= 4 is 11.5 Å². The predicted octanol–water partition coefficient (Wildman–Crippen LogP) is 3.66. The number of aromatic nitrogens is 1. The monoisotopic (exact) mass is 269 g/mol. The van der Waals surface area contributed by atoms with Crippen LogP contribution >= 0.6 is 0 Å². The minimum absolute atomic E-state index is 0.882. The SMILES string of the molecule is CCNCc1ccc(N(CC)c2ccccc2)nc1C. The molecule has 2 aromatic rings. The van der Waals surface area contributed by atoms with Gasteiger partial charge in [-0.15, -0.1) is 0 Å². The van der Waals surface area contributed by atoms with Crippen LogP contribution in [0, 0.1) is 6.92 Å². The molecule has 1 aromatic carbocycles. The molecule has 0 bridgehead atoms. The Hall–Kier alpha value is -1.87. The molecule has 0 saturated heterocycles. The Morgan fingerprint density at radius 3 is 2.40 bits per heavy atom. The number of aryl methyl sites for hydroxylation is 1. The summed E-state index contributed by atoms with van der Waals surface area (Å²) in [5.74, 6) is 1.01. The maximum Gasteiger partial charge on any atom is 0.133 e. The number of anilines is 2. The minimum atomic E-state index is 0.882. The smallest absolute Gasteiger partial charge is 0.133 e. The van der Waals surface area contributed by atoms with Gasteiger partial charge in [-0.05, 0) is 44.2 Å². The molecule has 0 amide bonds. The lowest BCUT2D eigenvalue weighted by atomic mass is 10.2. The van der Waals surface area contributed by atoms with Gasteiger partial charge < -0.3 is 10.2 Å². The lowest BCUT2D eigenvalue weighted by Crippen LogP contribution is -2.19. The van der Waals surface area contributed by atoms with Crippen molar-refractivity contribution in [1.29, 1.82) is 0 Å². The fourth-order valence-corrected chi connectivity index (χ4v) is 2.26. The van der Waals surface area contributed by atoms with Crippen molar-refractivity contribution in [1.82, 2.24) is 10.3 Å². The second-order valence-corrected chi connectivity index (χ2v) is 4.77. The molecule has 0 aliphatic rings. The van der Waals surface area contributed by atoms with Crippen LogP contribution in [0.4, 0.5) is 11.5 Å². The molecule has 0 atom stereocenters. The van der Waals surface area contributed by atoms with Crippen molar-refractivity contribution in [3.63, 3.8) is 0 Å². The van der Waals surface area contributed by atoms with E-state index in [1.165, 1.54) is 11.3 Å². The molecule has 2 rings (SSSR count). The van der Waals surface area contributed by atoms with Crippen molar-refractivity contribution in [3.05, 3.63) is 53.7 Å². The summed E-state index contributed by atoms with van der Waals surface area (Å²) >= 11 is 0. The second kappa shape index (κ2) is 7.06. The lowest BCUT2D eigenvalue weighted by Gasteiger charge is -2.23. The molecule has 0 fully saturated rings. The van der Waals surface area contributed by atoms with Gasteiger partial charge in [0.25, 0.3) is 0 Å². The highest BCUT2D eigenvalue weighted by atomic mass is 15.2. The quantitative estimate of drug-likeness (QED) is 0.867. The van der Waals surface area contributed by atoms with E-state index in [2.05, 4.69) is 67.4 Å². The summed E-state index contributed by atoms with van der Waals surface area (Å²) in [5, 5.41) is 3.35. The summed E-state index contributed by atoms with van der Waals surface area (Å²) in [6, 6.07) is 14.7. The van der Waals surface area contributed by atoms with Crippen LogP contribution in [0.3, 0.4) is 0 Å². The molecular weight excluding hydrogens is 246 g/mol. The number of pyridine rings is 1.